The number of carbonyl (C=O) groups excluding carboxylic acids is 1. The lowest BCUT2D eigenvalue weighted by atomic mass is 9.95. The lowest BCUT2D eigenvalue weighted by Crippen LogP contribution is -2.29. The van der Waals surface area contributed by atoms with Crippen LogP contribution < -0.4 is 14.2 Å². The van der Waals surface area contributed by atoms with Gasteiger partial charge in [0, 0.05) is 17.7 Å². The fraction of sp³-hybridized carbons (Fsp3) is 0.241. The molecule has 1 aliphatic rings. The number of benzene rings is 3. The van der Waals surface area contributed by atoms with E-state index >= 15 is 0 Å². The number of amides is 1. The standard InChI is InChI=1S/C29H28FN3O4/c1-4-36-23-15-10-20(16-24(23)37-5-2)28-25-26(19-8-13-22(35-3)14-9-19)31-32-27(25)29(34)33(28)17-18-6-11-21(30)12-7-18/h6-16,28H,4-5,17H2,1-3H3,(H,31,32). The molecule has 37 heavy (non-hydrogen) atoms. The maximum atomic E-state index is 13.7. The summed E-state index contributed by atoms with van der Waals surface area (Å²) >= 11 is 0. The third-order valence-corrected chi connectivity index (χ3v) is 6.38. The predicted octanol–water partition coefficient (Wildman–Crippen LogP) is 5.77. The first kappa shape index (κ1) is 24.4. The maximum absolute atomic E-state index is 13.7. The summed E-state index contributed by atoms with van der Waals surface area (Å²) in [7, 11) is 1.62. The van der Waals surface area contributed by atoms with Crippen molar-refractivity contribution in [3.8, 4) is 28.5 Å². The minimum absolute atomic E-state index is 0.177. The van der Waals surface area contributed by atoms with Crippen LogP contribution in [0, 0.1) is 5.82 Å². The number of rotatable bonds is 9. The van der Waals surface area contributed by atoms with Crippen LogP contribution >= 0.6 is 0 Å². The third-order valence-electron chi connectivity index (χ3n) is 6.38. The number of aromatic amines is 1. The van der Waals surface area contributed by atoms with Crippen LogP contribution in [-0.2, 0) is 6.54 Å². The number of hydrogen-bond donors (Lipinski definition) is 1. The van der Waals surface area contributed by atoms with Gasteiger partial charge in [-0.2, -0.15) is 5.10 Å². The molecule has 1 aliphatic heterocycles. The average molecular weight is 502 g/mol. The molecule has 0 spiro atoms. The molecule has 0 aliphatic carbocycles. The molecule has 1 atom stereocenters. The summed E-state index contributed by atoms with van der Waals surface area (Å²) in [6, 6.07) is 19.0. The Morgan fingerprint density at radius 1 is 0.946 bits per heavy atom. The third kappa shape index (κ3) is 4.62. The van der Waals surface area contributed by atoms with Crippen LogP contribution in [-0.4, -0.2) is 41.3 Å². The van der Waals surface area contributed by atoms with E-state index in [4.69, 9.17) is 14.2 Å². The number of nitrogens with zero attached hydrogens (tertiary/aromatic N) is 2. The second-order valence-electron chi connectivity index (χ2n) is 8.62. The Hall–Kier alpha value is -4.33. The topological polar surface area (TPSA) is 76.7 Å². The van der Waals surface area contributed by atoms with Gasteiger partial charge in [-0.15, -0.1) is 0 Å². The Kier molecular flexibility index (Phi) is 6.81. The van der Waals surface area contributed by atoms with Gasteiger partial charge in [0.1, 0.15) is 17.3 Å². The Bertz CT molecular complexity index is 1400. The molecular weight excluding hydrogens is 473 g/mol. The molecule has 0 radical (unpaired) electrons. The van der Waals surface area contributed by atoms with E-state index < -0.39 is 6.04 Å². The fourth-order valence-electron chi connectivity index (χ4n) is 4.70. The monoisotopic (exact) mass is 501 g/mol. The van der Waals surface area contributed by atoms with Crippen molar-refractivity contribution >= 4 is 5.91 Å². The summed E-state index contributed by atoms with van der Waals surface area (Å²) in [6.07, 6.45) is 0. The van der Waals surface area contributed by atoms with Crippen molar-refractivity contribution in [2.45, 2.75) is 26.4 Å². The van der Waals surface area contributed by atoms with Gasteiger partial charge < -0.3 is 19.1 Å². The number of aromatic nitrogens is 2. The highest BCUT2D eigenvalue weighted by Crippen LogP contribution is 2.45. The van der Waals surface area contributed by atoms with E-state index in [1.54, 1.807) is 24.1 Å². The van der Waals surface area contributed by atoms with Gasteiger partial charge in [0.25, 0.3) is 5.91 Å². The second-order valence-corrected chi connectivity index (χ2v) is 8.62. The highest BCUT2D eigenvalue weighted by Gasteiger charge is 2.42. The number of ether oxygens (including phenoxy) is 3. The molecule has 8 heteroatoms. The molecule has 5 rings (SSSR count). The fourth-order valence-corrected chi connectivity index (χ4v) is 4.70. The van der Waals surface area contributed by atoms with Gasteiger partial charge in [0.2, 0.25) is 0 Å². The molecule has 4 aromatic rings. The number of hydrogen-bond acceptors (Lipinski definition) is 5. The van der Waals surface area contributed by atoms with E-state index in [9.17, 15) is 9.18 Å². The summed E-state index contributed by atoms with van der Waals surface area (Å²) in [6.45, 7) is 5.11. The van der Waals surface area contributed by atoms with Crippen LogP contribution in [0.25, 0.3) is 11.3 Å². The van der Waals surface area contributed by atoms with Crippen LogP contribution in [0.4, 0.5) is 4.39 Å². The Labute approximate surface area is 214 Å². The van der Waals surface area contributed by atoms with E-state index in [2.05, 4.69) is 10.2 Å². The Morgan fingerprint density at radius 2 is 1.65 bits per heavy atom. The van der Waals surface area contributed by atoms with Crippen molar-refractivity contribution in [2.24, 2.45) is 0 Å². The molecule has 0 saturated carbocycles. The molecule has 1 aromatic heterocycles. The van der Waals surface area contributed by atoms with Crippen molar-refractivity contribution in [1.82, 2.24) is 15.1 Å². The SMILES string of the molecule is CCOc1ccc(C2c3c(-c4ccc(OC)cc4)n[nH]c3C(=O)N2Cc2ccc(F)cc2)cc1OCC. The van der Waals surface area contributed by atoms with Crippen LogP contribution in [0.15, 0.2) is 66.7 Å². The van der Waals surface area contributed by atoms with E-state index in [-0.39, 0.29) is 11.7 Å². The summed E-state index contributed by atoms with van der Waals surface area (Å²) < 4.78 is 30.5. The van der Waals surface area contributed by atoms with E-state index in [0.717, 1.165) is 28.0 Å². The first-order valence-corrected chi connectivity index (χ1v) is 12.2. The number of nitrogens with one attached hydrogen (secondary N) is 1. The molecule has 3 aromatic carbocycles. The minimum atomic E-state index is -0.446. The van der Waals surface area contributed by atoms with Gasteiger partial charge in [-0.05, 0) is 73.5 Å². The second kappa shape index (κ2) is 10.3. The van der Waals surface area contributed by atoms with E-state index in [1.807, 2.05) is 56.3 Å². The number of methoxy groups -OCH3 is 1. The quantitative estimate of drug-likeness (QED) is 0.315. The molecule has 1 unspecified atom stereocenters. The predicted molar refractivity (Wildman–Crippen MR) is 137 cm³/mol. The molecular formula is C29H28FN3O4. The zero-order valence-electron chi connectivity index (χ0n) is 21.0. The zero-order chi connectivity index (χ0) is 25.9. The summed E-state index contributed by atoms with van der Waals surface area (Å²) in [5, 5.41) is 7.50. The van der Waals surface area contributed by atoms with Crippen LogP contribution in [0.5, 0.6) is 17.2 Å². The highest BCUT2D eigenvalue weighted by molar-refractivity contribution is 6.00. The van der Waals surface area contributed by atoms with Crippen LogP contribution in [0.2, 0.25) is 0 Å². The first-order valence-electron chi connectivity index (χ1n) is 12.2. The normalized spacial score (nSPS) is 14.5. The van der Waals surface area contributed by atoms with Gasteiger partial charge >= 0.3 is 0 Å². The lowest BCUT2D eigenvalue weighted by molar-refractivity contribution is 0.0729. The molecule has 0 saturated heterocycles. The van der Waals surface area contributed by atoms with Crippen LogP contribution in [0.1, 0.15) is 47.1 Å². The molecule has 7 nitrogen and oxygen atoms in total. The van der Waals surface area contributed by atoms with Gasteiger partial charge in [-0.25, -0.2) is 4.39 Å². The van der Waals surface area contributed by atoms with Gasteiger partial charge in [-0.3, -0.25) is 9.89 Å². The summed E-state index contributed by atoms with van der Waals surface area (Å²) in [4.78, 5) is 15.5. The van der Waals surface area contributed by atoms with Crippen molar-refractivity contribution < 1.29 is 23.4 Å². The van der Waals surface area contributed by atoms with Crippen molar-refractivity contribution in [3.63, 3.8) is 0 Å². The molecule has 0 fully saturated rings. The average Bonchev–Trinajstić information content (AvgIpc) is 3.46. The Morgan fingerprint density at radius 3 is 2.32 bits per heavy atom. The van der Waals surface area contributed by atoms with Crippen molar-refractivity contribution in [2.75, 3.05) is 20.3 Å². The lowest BCUT2D eigenvalue weighted by Gasteiger charge is -2.27. The molecule has 1 N–H and O–H groups in total. The molecule has 1 amide bonds. The number of halogens is 1. The summed E-state index contributed by atoms with van der Waals surface area (Å²) in [5.41, 5.74) is 4.44. The smallest absolute Gasteiger partial charge is 0.273 e. The van der Waals surface area contributed by atoms with Crippen molar-refractivity contribution in [3.05, 3.63) is 94.9 Å². The van der Waals surface area contributed by atoms with E-state index in [0.29, 0.717) is 42.6 Å². The molecule has 190 valence electrons. The Balaban J connectivity index is 1.63. The molecule has 0 bridgehead atoms. The van der Waals surface area contributed by atoms with Gasteiger partial charge in [0.15, 0.2) is 11.5 Å². The number of H-pyrrole nitrogens is 1. The van der Waals surface area contributed by atoms with E-state index in [1.165, 1.54) is 12.1 Å². The largest absolute Gasteiger partial charge is 0.497 e. The minimum Gasteiger partial charge on any atom is -0.497 e. The van der Waals surface area contributed by atoms with Gasteiger partial charge in [0.05, 0.1) is 32.1 Å². The van der Waals surface area contributed by atoms with Crippen LogP contribution in [0.3, 0.4) is 0 Å². The maximum Gasteiger partial charge on any atom is 0.273 e. The molecule has 2 heterocycles. The van der Waals surface area contributed by atoms with Crippen molar-refractivity contribution in [1.29, 1.82) is 0 Å². The first-order chi connectivity index (χ1) is 18.0. The number of fused-ring (bicyclic) bond motifs is 1. The van der Waals surface area contributed by atoms with Gasteiger partial charge in [-0.1, -0.05) is 18.2 Å². The zero-order valence-corrected chi connectivity index (χ0v) is 21.0. The highest BCUT2D eigenvalue weighted by atomic mass is 19.1. The number of carbonyl (C=O) groups is 1. The summed E-state index contributed by atoms with van der Waals surface area (Å²) in [5.74, 6) is 1.49.